The van der Waals surface area contributed by atoms with Gasteiger partial charge in [0.2, 0.25) is 20.0 Å². The van der Waals surface area contributed by atoms with Gasteiger partial charge in [0.05, 0.1) is 31.3 Å². The third-order valence-corrected chi connectivity index (χ3v) is 6.61. The largest absolute Gasteiger partial charge is 0.492 e. The first-order valence-electron chi connectivity index (χ1n) is 7.52. The summed E-state index contributed by atoms with van der Waals surface area (Å²) in [5.41, 5.74) is 0.0393. The van der Waals surface area contributed by atoms with Crippen molar-refractivity contribution in [2.45, 2.75) is 0 Å². The number of anilines is 1. The standard InChI is InChI=1S/C14H22N4O5S2.HI/c1-17-10-8-15-14(17)16-9-11-23-13-6-4-12(5-7-13)18(24(2,19)20)25(3,21)22;/h4-7H,8-11H2,1-3H3,(H,15,16);1H. The number of hydrogen-bond donors (Lipinski definition) is 1. The number of likely N-dealkylation sites (N-methyl/N-ethyl adjacent to an activating group) is 1. The topological polar surface area (TPSA) is 108 Å². The third kappa shape index (κ3) is 6.16. The SMILES string of the molecule is CN1CCN=C1NCCOc1ccc(N(S(C)(=O)=O)S(C)(=O)=O)cc1.I. The molecule has 1 aromatic carbocycles. The number of nitrogens with zero attached hydrogens (tertiary/aromatic N) is 3. The molecule has 9 nitrogen and oxygen atoms in total. The lowest BCUT2D eigenvalue weighted by molar-refractivity contribution is 0.320. The summed E-state index contributed by atoms with van der Waals surface area (Å²) < 4.78 is 52.8. The molecular formula is C14H23IN4O5S2. The summed E-state index contributed by atoms with van der Waals surface area (Å²) in [5, 5.41) is 3.16. The van der Waals surface area contributed by atoms with Crippen LogP contribution in [0.4, 0.5) is 5.69 Å². The van der Waals surface area contributed by atoms with Crippen molar-refractivity contribution in [3.63, 3.8) is 0 Å². The Hall–Kier alpha value is -1.28. The lowest BCUT2D eigenvalue weighted by Gasteiger charge is -2.20. The summed E-state index contributed by atoms with van der Waals surface area (Å²) in [6.07, 6.45) is 1.68. The fraction of sp³-hybridized carbons (Fsp3) is 0.500. The summed E-state index contributed by atoms with van der Waals surface area (Å²) >= 11 is 0. The van der Waals surface area contributed by atoms with E-state index in [-0.39, 0.29) is 29.7 Å². The highest BCUT2D eigenvalue weighted by atomic mass is 127. The summed E-state index contributed by atoms with van der Waals surface area (Å²) in [7, 11) is -5.94. The molecule has 1 N–H and O–H groups in total. The van der Waals surface area contributed by atoms with Gasteiger partial charge in [0, 0.05) is 13.6 Å². The molecule has 26 heavy (non-hydrogen) atoms. The Morgan fingerprint density at radius 2 is 1.73 bits per heavy atom. The fourth-order valence-corrected chi connectivity index (χ4v) is 5.32. The van der Waals surface area contributed by atoms with Gasteiger partial charge >= 0.3 is 0 Å². The summed E-state index contributed by atoms with van der Waals surface area (Å²) in [6, 6.07) is 5.83. The van der Waals surface area contributed by atoms with Crippen LogP contribution in [0.25, 0.3) is 0 Å². The van der Waals surface area contributed by atoms with Crippen molar-refractivity contribution < 1.29 is 21.6 Å². The number of aliphatic imine (C=N–C) groups is 1. The lowest BCUT2D eigenvalue weighted by Crippen LogP contribution is -2.37. The average molecular weight is 518 g/mol. The van der Waals surface area contributed by atoms with Gasteiger partial charge in [-0.1, -0.05) is 0 Å². The predicted octanol–water partition coefficient (Wildman–Crippen LogP) is 0.300. The Morgan fingerprint density at radius 1 is 1.15 bits per heavy atom. The molecule has 0 aliphatic carbocycles. The highest BCUT2D eigenvalue weighted by molar-refractivity contribution is 14.0. The van der Waals surface area contributed by atoms with Crippen LogP contribution in [0.5, 0.6) is 5.75 Å². The van der Waals surface area contributed by atoms with Gasteiger partial charge in [-0.05, 0) is 24.3 Å². The van der Waals surface area contributed by atoms with E-state index in [1.165, 1.54) is 24.3 Å². The maximum Gasteiger partial charge on any atom is 0.245 e. The van der Waals surface area contributed by atoms with Crippen LogP contribution in [0.3, 0.4) is 0 Å². The molecule has 0 fully saturated rings. The lowest BCUT2D eigenvalue weighted by atomic mass is 10.3. The number of nitrogens with one attached hydrogen (secondary N) is 1. The first-order chi connectivity index (χ1) is 11.6. The Morgan fingerprint density at radius 3 is 2.19 bits per heavy atom. The van der Waals surface area contributed by atoms with Gasteiger partial charge in [0.15, 0.2) is 5.96 Å². The average Bonchev–Trinajstić information content (AvgIpc) is 2.88. The molecule has 0 bridgehead atoms. The quantitative estimate of drug-likeness (QED) is 0.409. The van der Waals surface area contributed by atoms with Crippen molar-refractivity contribution in [3.05, 3.63) is 24.3 Å². The van der Waals surface area contributed by atoms with E-state index in [2.05, 4.69) is 10.3 Å². The molecule has 1 heterocycles. The van der Waals surface area contributed by atoms with Gasteiger partial charge in [0.1, 0.15) is 12.4 Å². The number of hydrogen-bond acceptors (Lipinski definition) is 8. The van der Waals surface area contributed by atoms with Crippen LogP contribution >= 0.6 is 24.0 Å². The second-order valence-corrected chi connectivity index (χ2v) is 9.51. The Bertz CT molecular complexity index is 809. The first kappa shape index (κ1) is 22.8. The number of sulfonamides is 2. The van der Waals surface area contributed by atoms with Crippen LogP contribution in [0.15, 0.2) is 29.3 Å². The second kappa shape index (κ2) is 9.08. The Balaban J connectivity index is 0.00000338. The van der Waals surface area contributed by atoms with Crippen LogP contribution in [0.2, 0.25) is 0 Å². The van der Waals surface area contributed by atoms with Crippen molar-refractivity contribution >= 4 is 55.7 Å². The van der Waals surface area contributed by atoms with Crippen LogP contribution in [-0.4, -0.2) is 73.5 Å². The molecule has 148 valence electrons. The van der Waals surface area contributed by atoms with E-state index in [0.717, 1.165) is 31.6 Å². The molecule has 0 amide bonds. The van der Waals surface area contributed by atoms with Gasteiger partial charge in [-0.25, -0.2) is 16.8 Å². The van der Waals surface area contributed by atoms with E-state index in [0.29, 0.717) is 22.6 Å². The molecule has 0 saturated heterocycles. The van der Waals surface area contributed by atoms with Crippen molar-refractivity contribution in [1.82, 2.24) is 10.2 Å². The van der Waals surface area contributed by atoms with E-state index in [9.17, 15) is 16.8 Å². The third-order valence-electron chi connectivity index (χ3n) is 3.36. The molecular weight excluding hydrogens is 495 g/mol. The van der Waals surface area contributed by atoms with E-state index < -0.39 is 20.0 Å². The van der Waals surface area contributed by atoms with Crippen LogP contribution in [-0.2, 0) is 20.0 Å². The normalized spacial score (nSPS) is 14.4. The van der Waals surface area contributed by atoms with Gasteiger partial charge in [-0.15, -0.1) is 24.0 Å². The summed E-state index contributed by atoms with van der Waals surface area (Å²) in [5.74, 6) is 1.34. The van der Waals surface area contributed by atoms with Gasteiger partial charge < -0.3 is 15.0 Å². The molecule has 1 aliphatic rings. The molecule has 0 unspecified atom stereocenters. The minimum absolute atomic E-state index is 0. The predicted molar refractivity (Wildman–Crippen MR) is 112 cm³/mol. The van der Waals surface area contributed by atoms with E-state index in [1.54, 1.807) is 0 Å². The Kier molecular flexibility index (Phi) is 7.95. The highest BCUT2D eigenvalue weighted by Gasteiger charge is 2.27. The van der Waals surface area contributed by atoms with Crippen molar-refractivity contribution in [1.29, 1.82) is 0 Å². The monoisotopic (exact) mass is 518 g/mol. The number of ether oxygens (including phenoxy) is 1. The molecule has 0 aromatic heterocycles. The molecule has 1 aromatic rings. The highest BCUT2D eigenvalue weighted by Crippen LogP contribution is 2.23. The number of halogens is 1. The number of guanidine groups is 1. The van der Waals surface area contributed by atoms with Crippen LogP contribution < -0.4 is 13.8 Å². The molecule has 0 saturated carbocycles. The minimum atomic E-state index is -3.95. The van der Waals surface area contributed by atoms with Crippen LogP contribution in [0, 0.1) is 0 Å². The summed E-state index contributed by atoms with van der Waals surface area (Å²) in [4.78, 5) is 6.31. The zero-order valence-electron chi connectivity index (χ0n) is 14.7. The first-order valence-corrected chi connectivity index (χ1v) is 11.2. The second-order valence-electron chi connectivity index (χ2n) is 5.62. The molecule has 2 rings (SSSR count). The van der Waals surface area contributed by atoms with Gasteiger partial charge in [-0.2, -0.15) is 3.71 Å². The van der Waals surface area contributed by atoms with Gasteiger partial charge in [-0.3, -0.25) is 4.99 Å². The van der Waals surface area contributed by atoms with Gasteiger partial charge in [0.25, 0.3) is 0 Å². The Labute approximate surface area is 171 Å². The fourth-order valence-electron chi connectivity index (χ4n) is 2.35. The summed E-state index contributed by atoms with van der Waals surface area (Å²) in [6.45, 7) is 2.61. The maximum atomic E-state index is 11.7. The van der Waals surface area contributed by atoms with Crippen LogP contribution in [0.1, 0.15) is 0 Å². The molecule has 1 aliphatic heterocycles. The van der Waals surface area contributed by atoms with E-state index in [4.69, 9.17) is 4.74 Å². The number of benzene rings is 1. The molecule has 12 heteroatoms. The molecule has 0 atom stereocenters. The van der Waals surface area contributed by atoms with Crippen molar-refractivity contribution in [2.24, 2.45) is 4.99 Å². The van der Waals surface area contributed by atoms with Crippen molar-refractivity contribution in [3.8, 4) is 5.75 Å². The van der Waals surface area contributed by atoms with Crippen molar-refractivity contribution in [2.75, 3.05) is 49.5 Å². The van der Waals surface area contributed by atoms with E-state index in [1.807, 2.05) is 11.9 Å². The maximum absolute atomic E-state index is 11.7. The zero-order chi connectivity index (χ0) is 18.7. The molecule has 0 radical (unpaired) electrons. The zero-order valence-corrected chi connectivity index (χ0v) is 18.7. The molecule has 0 spiro atoms. The van der Waals surface area contributed by atoms with E-state index >= 15 is 0 Å². The smallest absolute Gasteiger partial charge is 0.245 e. The minimum Gasteiger partial charge on any atom is -0.492 e. The number of rotatable bonds is 7.